The number of aromatic nitrogens is 2. The van der Waals surface area contributed by atoms with Crippen LogP contribution in [0.25, 0.3) is 11.0 Å². The van der Waals surface area contributed by atoms with E-state index in [4.69, 9.17) is 4.74 Å². The Kier molecular flexibility index (Phi) is 4.70. The molecule has 0 spiro atoms. The van der Waals surface area contributed by atoms with Gasteiger partial charge in [0.25, 0.3) is 5.56 Å². The van der Waals surface area contributed by atoms with Crippen LogP contribution in [-0.2, 0) is 16.0 Å². The zero-order valence-electron chi connectivity index (χ0n) is 13.4. The molecular weight excluding hydrogens is 304 g/mol. The number of H-pyrrole nitrogens is 1. The fraction of sp³-hybridized carbons (Fsp3) is 0.211. The topological polar surface area (TPSA) is 72.0 Å². The smallest absolute Gasteiger partial charge is 0.306 e. The highest BCUT2D eigenvalue weighted by Gasteiger charge is 2.13. The van der Waals surface area contributed by atoms with Crippen LogP contribution in [0.5, 0.6) is 0 Å². The number of esters is 1. The molecule has 1 N–H and O–H groups in total. The standard InChI is InChI=1S/C19H18N2O3/c1-13(14-7-3-2-4-8-14)24-18(22)12-11-17-19(23)21-16-10-6-5-9-15(16)20-17/h2-10,13H,11-12H2,1H3,(H,21,23)/t13-/m1/s1. The number of carbonyl (C=O) groups is 1. The Labute approximate surface area is 139 Å². The summed E-state index contributed by atoms with van der Waals surface area (Å²) in [7, 11) is 0. The van der Waals surface area contributed by atoms with Gasteiger partial charge in [0.2, 0.25) is 0 Å². The third-order valence-electron chi connectivity index (χ3n) is 3.81. The van der Waals surface area contributed by atoms with Gasteiger partial charge in [-0.3, -0.25) is 9.59 Å². The third kappa shape index (κ3) is 3.68. The number of carbonyl (C=O) groups excluding carboxylic acids is 1. The molecule has 122 valence electrons. The Hall–Kier alpha value is -2.95. The van der Waals surface area contributed by atoms with E-state index in [2.05, 4.69) is 9.97 Å². The van der Waals surface area contributed by atoms with E-state index in [1.54, 1.807) is 6.07 Å². The average molecular weight is 322 g/mol. The van der Waals surface area contributed by atoms with Crippen molar-refractivity contribution >= 4 is 17.0 Å². The summed E-state index contributed by atoms with van der Waals surface area (Å²) in [6.45, 7) is 1.83. The molecule has 1 aromatic heterocycles. The summed E-state index contributed by atoms with van der Waals surface area (Å²) in [6.07, 6.45) is 0.0492. The first kappa shape index (κ1) is 15.9. The lowest BCUT2D eigenvalue weighted by atomic mass is 10.1. The van der Waals surface area contributed by atoms with Crippen molar-refractivity contribution in [3.63, 3.8) is 0 Å². The maximum Gasteiger partial charge on any atom is 0.306 e. The van der Waals surface area contributed by atoms with E-state index >= 15 is 0 Å². The van der Waals surface area contributed by atoms with E-state index in [1.165, 1.54) is 0 Å². The second kappa shape index (κ2) is 7.08. The number of benzene rings is 2. The quantitative estimate of drug-likeness (QED) is 0.732. The van der Waals surface area contributed by atoms with Gasteiger partial charge >= 0.3 is 5.97 Å². The molecule has 1 heterocycles. The molecule has 0 aliphatic rings. The van der Waals surface area contributed by atoms with Gasteiger partial charge in [-0.25, -0.2) is 4.98 Å². The van der Waals surface area contributed by atoms with Gasteiger partial charge in [-0.05, 0) is 24.6 Å². The number of nitrogens with zero attached hydrogens (tertiary/aromatic N) is 1. The molecule has 3 rings (SSSR count). The predicted molar refractivity (Wildman–Crippen MR) is 91.6 cm³/mol. The number of fused-ring (bicyclic) bond motifs is 1. The minimum absolute atomic E-state index is 0.117. The van der Waals surface area contributed by atoms with Crippen LogP contribution in [0.3, 0.4) is 0 Å². The summed E-state index contributed by atoms with van der Waals surface area (Å²) < 4.78 is 5.41. The second-order valence-corrected chi connectivity index (χ2v) is 5.57. The Morgan fingerprint density at radius 3 is 2.62 bits per heavy atom. The number of aryl methyl sites for hydroxylation is 1. The fourth-order valence-corrected chi connectivity index (χ4v) is 2.51. The van der Waals surface area contributed by atoms with Gasteiger partial charge in [0.05, 0.1) is 17.5 Å². The lowest BCUT2D eigenvalue weighted by Gasteiger charge is -2.13. The third-order valence-corrected chi connectivity index (χ3v) is 3.81. The van der Waals surface area contributed by atoms with Crippen molar-refractivity contribution in [2.75, 3.05) is 0 Å². The van der Waals surface area contributed by atoms with Crippen molar-refractivity contribution in [3.8, 4) is 0 Å². The molecular formula is C19H18N2O3. The van der Waals surface area contributed by atoms with Crippen molar-refractivity contribution in [1.82, 2.24) is 9.97 Å². The van der Waals surface area contributed by atoms with Crippen molar-refractivity contribution in [3.05, 3.63) is 76.2 Å². The molecule has 0 unspecified atom stereocenters. The molecule has 24 heavy (non-hydrogen) atoms. The summed E-state index contributed by atoms with van der Waals surface area (Å²) in [5, 5.41) is 0. The molecule has 0 bridgehead atoms. The number of nitrogens with one attached hydrogen (secondary N) is 1. The number of hydrogen-bond acceptors (Lipinski definition) is 4. The van der Waals surface area contributed by atoms with Crippen LogP contribution < -0.4 is 5.56 Å². The van der Waals surface area contributed by atoms with Gasteiger partial charge in [0.1, 0.15) is 11.8 Å². The number of aromatic amines is 1. The summed E-state index contributed by atoms with van der Waals surface area (Å²) in [5.74, 6) is -0.347. The maximum absolute atomic E-state index is 12.0. The van der Waals surface area contributed by atoms with E-state index < -0.39 is 0 Å². The van der Waals surface area contributed by atoms with Crippen LogP contribution in [0.4, 0.5) is 0 Å². The Morgan fingerprint density at radius 2 is 1.83 bits per heavy atom. The predicted octanol–water partition coefficient (Wildman–Crippen LogP) is 3.16. The minimum atomic E-state index is -0.347. The summed E-state index contributed by atoms with van der Waals surface area (Å²) in [6, 6.07) is 16.8. The Balaban J connectivity index is 1.64. The van der Waals surface area contributed by atoms with Crippen LogP contribution >= 0.6 is 0 Å². The fourth-order valence-electron chi connectivity index (χ4n) is 2.51. The number of para-hydroxylation sites is 2. The van der Waals surface area contributed by atoms with Crippen molar-refractivity contribution < 1.29 is 9.53 Å². The zero-order chi connectivity index (χ0) is 16.9. The first-order valence-corrected chi connectivity index (χ1v) is 7.86. The highest BCUT2D eigenvalue weighted by molar-refractivity contribution is 5.74. The van der Waals surface area contributed by atoms with Crippen molar-refractivity contribution in [2.24, 2.45) is 0 Å². The molecule has 0 aliphatic carbocycles. The van der Waals surface area contributed by atoms with Gasteiger partial charge in [0.15, 0.2) is 0 Å². The van der Waals surface area contributed by atoms with Gasteiger partial charge in [0, 0.05) is 6.42 Å². The maximum atomic E-state index is 12.0. The van der Waals surface area contributed by atoms with Gasteiger partial charge in [-0.15, -0.1) is 0 Å². The van der Waals surface area contributed by atoms with E-state index in [9.17, 15) is 9.59 Å². The molecule has 0 fully saturated rings. The van der Waals surface area contributed by atoms with E-state index in [-0.39, 0.29) is 30.5 Å². The minimum Gasteiger partial charge on any atom is -0.458 e. The summed E-state index contributed by atoms with van der Waals surface area (Å²) in [5.41, 5.74) is 2.41. The SMILES string of the molecule is C[C@@H](OC(=O)CCc1nc2ccccc2[nH]c1=O)c1ccccc1. The lowest BCUT2D eigenvalue weighted by molar-refractivity contribution is -0.148. The van der Waals surface area contributed by atoms with E-state index in [0.717, 1.165) is 5.56 Å². The molecule has 5 nitrogen and oxygen atoms in total. The number of ether oxygens (including phenoxy) is 1. The molecule has 2 aromatic carbocycles. The van der Waals surface area contributed by atoms with E-state index in [1.807, 2.05) is 55.5 Å². The molecule has 0 aliphatic heterocycles. The van der Waals surface area contributed by atoms with Crippen LogP contribution in [0.2, 0.25) is 0 Å². The molecule has 0 saturated carbocycles. The molecule has 0 saturated heterocycles. The molecule has 0 radical (unpaired) electrons. The summed E-state index contributed by atoms with van der Waals surface area (Å²) in [4.78, 5) is 31.1. The highest BCUT2D eigenvalue weighted by atomic mass is 16.5. The zero-order valence-corrected chi connectivity index (χ0v) is 13.4. The largest absolute Gasteiger partial charge is 0.458 e. The Bertz CT molecular complexity index is 903. The average Bonchev–Trinajstić information content (AvgIpc) is 2.60. The first-order valence-electron chi connectivity index (χ1n) is 7.86. The normalized spacial score (nSPS) is 12.0. The van der Waals surface area contributed by atoms with Crippen LogP contribution in [0, 0.1) is 0 Å². The number of rotatable bonds is 5. The molecule has 0 amide bonds. The van der Waals surface area contributed by atoms with Crippen LogP contribution in [-0.4, -0.2) is 15.9 Å². The van der Waals surface area contributed by atoms with Crippen molar-refractivity contribution in [1.29, 1.82) is 0 Å². The molecule has 3 aromatic rings. The van der Waals surface area contributed by atoms with Gasteiger partial charge < -0.3 is 9.72 Å². The number of hydrogen-bond donors (Lipinski definition) is 1. The van der Waals surface area contributed by atoms with Crippen LogP contribution in [0.15, 0.2) is 59.4 Å². The van der Waals surface area contributed by atoms with E-state index in [0.29, 0.717) is 16.7 Å². The Morgan fingerprint density at radius 1 is 1.12 bits per heavy atom. The highest BCUT2D eigenvalue weighted by Crippen LogP contribution is 2.17. The van der Waals surface area contributed by atoms with Crippen molar-refractivity contribution in [2.45, 2.75) is 25.9 Å². The molecule has 5 heteroatoms. The van der Waals surface area contributed by atoms with Gasteiger partial charge in [-0.2, -0.15) is 0 Å². The second-order valence-electron chi connectivity index (χ2n) is 5.57. The van der Waals surface area contributed by atoms with Crippen LogP contribution in [0.1, 0.15) is 30.7 Å². The monoisotopic (exact) mass is 322 g/mol. The summed E-state index contributed by atoms with van der Waals surface area (Å²) >= 11 is 0. The van der Waals surface area contributed by atoms with Gasteiger partial charge in [-0.1, -0.05) is 42.5 Å². The molecule has 1 atom stereocenters. The first-order chi connectivity index (χ1) is 11.6. The lowest BCUT2D eigenvalue weighted by Crippen LogP contribution is -2.17.